The van der Waals surface area contributed by atoms with Crippen LogP contribution >= 0.6 is 11.3 Å². The van der Waals surface area contributed by atoms with Crippen molar-refractivity contribution in [2.75, 3.05) is 13.1 Å². The van der Waals surface area contributed by atoms with Crippen molar-refractivity contribution >= 4 is 31.2 Å². The molecule has 1 aromatic carbocycles. The first kappa shape index (κ1) is 21.2. The number of rotatable bonds is 5. The summed E-state index contributed by atoms with van der Waals surface area (Å²) in [5.74, 6) is 0. The van der Waals surface area contributed by atoms with Crippen LogP contribution in [-0.2, 0) is 32.6 Å². The predicted octanol–water partition coefficient (Wildman–Crippen LogP) is 2.84. The van der Waals surface area contributed by atoms with Crippen molar-refractivity contribution in [1.82, 2.24) is 4.31 Å². The van der Waals surface area contributed by atoms with Gasteiger partial charge in [0.1, 0.15) is 4.21 Å². The molecule has 1 fully saturated rings. The van der Waals surface area contributed by atoms with E-state index >= 15 is 0 Å². The summed E-state index contributed by atoms with van der Waals surface area (Å²) in [6.07, 6.45) is -3.71. The molecule has 2 heterocycles. The van der Waals surface area contributed by atoms with Gasteiger partial charge in [-0.15, -0.1) is 11.3 Å². The molecule has 1 aromatic heterocycles. The van der Waals surface area contributed by atoms with Gasteiger partial charge >= 0.3 is 6.18 Å². The van der Waals surface area contributed by atoms with Crippen LogP contribution in [0.2, 0.25) is 0 Å². The standard InChI is InChI=1S/C16H17F3N2O4S3/c17-16(18,19)11-7-13(27(22,23)15-4-3-12(10-20)26-15)9-14(8-11)28(24,25)21-5-1-2-6-21/h3-4,7-9H,1-2,5-6,10,20H2. The Morgan fingerprint density at radius 2 is 1.61 bits per heavy atom. The van der Waals surface area contributed by atoms with Crippen molar-refractivity contribution in [3.63, 3.8) is 0 Å². The number of thiophene rings is 1. The highest BCUT2D eigenvalue weighted by Gasteiger charge is 2.36. The van der Waals surface area contributed by atoms with E-state index in [0.29, 0.717) is 29.9 Å². The lowest BCUT2D eigenvalue weighted by atomic mass is 10.2. The predicted molar refractivity (Wildman–Crippen MR) is 97.1 cm³/mol. The number of halogens is 3. The SMILES string of the molecule is NCc1ccc(S(=O)(=O)c2cc(C(F)(F)F)cc(S(=O)(=O)N3CCCC3)c2)s1. The quantitative estimate of drug-likeness (QED) is 0.749. The van der Waals surface area contributed by atoms with E-state index in [1.54, 1.807) is 0 Å². The number of hydrogen-bond donors (Lipinski definition) is 1. The van der Waals surface area contributed by atoms with Crippen LogP contribution in [-0.4, -0.2) is 34.2 Å². The number of nitrogens with zero attached hydrogens (tertiary/aromatic N) is 1. The minimum absolute atomic E-state index is 0.0807. The average molecular weight is 455 g/mol. The molecule has 2 aromatic rings. The maximum Gasteiger partial charge on any atom is 0.416 e. The molecule has 0 saturated carbocycles. The number of alkyl halides is 3. The van der Waals surface area contributed by atoms with Crippen molar-refractivity contribution in [3.05, 3.63) is 40.8 Å². The summed E-state index contributed by atoms with van der Waals surface area (Å²) >= 11 is 0.833. The number of sulfonamides is 1. The summed E-state index contributed by atoms with van der Waals surface area (Å²) < 4.78 is 92.0. The fraction of sp³-hybridized carbons (Fsp3) is 0.375. The van der Waals surface area contributed by atoms with Crippen molar-refractivity contribution in [2.45, 2.75) is 39.6 Å². The second-order valence-corrected chi connectivity index (χ2v) is 11.5. The third kappa shape index (κ3) is 3.96. The van der Waals surface area contributed by atoms with Crippen LogP contribution in [0.1, 0.15) is 23.3 Å². The maximum absolute atomic E-state index is 13.3. The van der Waals surface area contributed by atoms with Gasteiger partial charge < -0.3 is 5.73 Å². The molecule has 154 valence electrons. The molecule has 0 radical (unpaired) electrons. The molecule has 1 aliphatic heterocycles. The smallest absolute Gasteiger partial charge is 0.326 e. The van der Waals surface area contributed by atoms with Crippen molar-refractivity contribution in [2.24, 2.45) is 5.73 Å². The second-order valence-electron chi connectivity index (χ2n) is 6.23. The summed E-state index contributed by atoms with van der Waals surface area (Å²) in [7, 11) is -8.57. The topological polar surface area (TPSA) is 97.5 Å². The number of nitrogens with two attached hydrogens (primary N) is 1. The summed E-state index contributed by atoms with van der Waals surface area (Å²) in [5, 5.41) is 0. The normalized spacial score (nSPS) is 16.6. The molecule has 12 heteroatoms. The fourth-order valence-corrected chi connectivity index (χ4v) is 7.22. The lowest BCUT2D eigenvalue weighted by molar-refractivity contribution is -0.137. The van der Waals surface area contributed by atoms with Gasteiger partial charge in [-0.25, -0.2) is 16.8 Å². The Morgan fingerprint density at radius 3 is 2.14 bits per heavy atom. The highest BCUT2D eigenvalue weighted by molar-refractivity contribution is 7.93. The van der Waals surface area contributed by atoms with Crippen LogP contribution in [0.15, 0.2) is 44.3 Å². The minimum atomic E-state index is -4.90. The van der Waals surface area contributed by atoms with Crippen LogP contribution in [0.25, 0.3) is 0 Å². The van der Waals surface area contributed by atoms with Gasteiger partial charge in [0.2, 0.25) is 19.9 Å². The van der Waals surface area contributed by atoms with Crippen molar-refractivity contribution in [3.8, 4) is 0 Å². The van der Waals surface area contributed by atoms with Crippen LogP contribution in [0.3, 0.4) is 0 Å². The maximum atomic E-state index is 13.3. The van der Waals surface area contributed by atoms with Crippen LogP contribution in [0, 0.1) is 0 Å². The molecule has 0 aliphatic carbocycles. The Kier molecular flexibility index (Phi) is 5.62. The summed E-state index contributed by atoms with van der Waals surface area (Å²) in [6.45, 7) is 0.453. The number of hydrogen-bond acceptors (Lipinski definition) is 6. The van der Waals surface area contributed by atoms with Gasteiger partial charge in [-0.3, -0.25) is 0 Å². The molecule has 0 bridgehead atoms. The van der Waals surface area contributed by atoms with Crippen molar-refractivity contribution < 1.29 is 30.0 Å². The molecule has 28 heavy (non-hydrogen) atoms. The first-order valence-corrected chi connectivity index (χ1v) is 12.0. The summed E-state index contributed by atoms with van der Waals surface area (Å²) in [6, 6.07) is 4.44. The molecule has 0 unspecified atom stereocenters. The van der Waals surface area contributed by atoms with Gasteiger partial charge in [-0.05, 0) is 43.2 Å². The van der Waals surface area contributed by atoms with Crippen molar-refractivity contribution in [1.29, 1.82) is 0 Å². The Labute approximate surface area is 164 Å². The van der Waals surface area contributed by atoms with Gasteiger partial charge in [-0.1, -0.05) is 0 Å². The molecule has 1 aliphatic rings. The Bertz CT molecular complexity index is 1090. The third-order valence-electron chi connectivity index (χ3n) is 4.32. The van der Waals surface area contributed by atoms with Gasteiger partial charge in [-0.2, -0.15) is 17.5 Å². The minimum Gasteiger partial charge on any atom is -0.326 e. The van der Waals surface area contributed by atoms with E-state index in [1.165, 1.54) is 12.1 Å². The Hall–Kier alpha value is -1.47. The van der Waals surface area contributed by atoms with Crippen LogP contribution < -0.4 is 5.73 Å². The van der Waals surface area contributed by atoms with Gasteiger partial charge in [0.05, 0.1) is 15.4 Å². The largest absolute Gasteiger partial charge is 0.416 e. The molecule has 3 rings (SSSR count). The average Bonchev–Trinajstić information content (AvgIpc) is 3.32. The van der Waals surface area contributed by atoms with Gasteiger partial charge in [0, 0.05) is 24.5 Å². The molecule has 0 amide bonds. The van der Waals surface area contributed by atoms with E-state index in [-0.39, 0.29) is 23.8 Å². The highest BCUT2D eigenvalue weighted by atomic mass is 32.2. The van der Waals surface area contributed by atoms with E-state index in [0.717, 1.165) is 21.7 Å². The molecule has 6 nitrogen and oxygen atoms in total. The third-order valence-corrected chi connectivity index (χ3v) is 9.53. The van der Waals surface area contributed by atoms with Crippen LogP contribution in [0.5, 0.6) is 0 Å². The first-order valence-electron chi connectivity index (χ1n) is 8.22. The monoisotopic (exact) mass is 454 g/mol. The van der Waals surface area contributed by atoms with Gasteiger partial charge in [0.15, 0.2) is 0 Å². The zero-order valence-electron chi connectivity index (χ0n) is 14.4. The van der Waals surface area contributed by atoms with E-state index in [1.807, 2.05) is 0 Å². The van der Waals surface area contributed by atoms with Gasteiger partial charge in [0.25, 0.3) is 0 Å². The molecule has 1 saturated heterocycles. The summed E-state index contributed by atoms with van der Waals surface area (Å²) in [4.78, 5) is -0.862. The Balaban J connectivity index is 2.18. The highest BCUT2D eigenvalue weighted by Crippen LogP contribution is 2.36. The zero-order chi connectivity index (χ0) is 20.7. The molecular weight excluding hydrogens is 437 g/mol. The first-order chi connectivity index (χ1) is 13.0. The Morgan fingerprint density at radius 1 is 1.00 bits per heavy atom. The van der Waals surface area contributed by atoms with E-state index in [2.05, 4.69) is 0 Å². The molecule has 0 atom stereocenters. The zero-order valence-corrected chi connectivity index (χ0v) is 16.9. The summed E-state index contributed by atoms with van der Waals surface area (Å²) in [5.41, 5.74) is 4.13. The number of sulfone groups is 1. The van der Waals surface area contributed by atoms with E-state index in [4.69, 9.17) is 5.73 Å². The molecule has 2 N–H and O–H groups in total. The number of benzene rings is 1. The second kappa shape index (κ2) is 7.41. The van der Waals surface area contributed by atoms with E-state index in [9.17, 15) is 30.0 Å². The molecular formula is C16H17F3N2O4S3. The lowest BCUT2D eigenvalue weighted by Crippen LogP contribution is -2.28. The van der Waals surface area contributed by atoms with Crippen LogP contribution in [0.4, 0.5) is 13.2 Å². The molecule has 0 spiro atoms. The van der Waals surface area contributed by atoms with E-state index < -0.39 is 41.4 Å². The lowest BCUT2D eigenvalue weighted by Gasteiger charge is -2.18. The fourth-order valence-electron chi connectivity index (χ4n) is 2.85.